The highest BCUT2D eigenvalue weighted by Gasteiger charge is 2.27. The summed E-state index contributed by atoms with van der Waals surface area (Å²) in [6.45, 7) is 3.88. The summed E-state index contributed by atoms with van der Waals surface area (Å²) in [5.74, 6) is 0.276. The predicted molar refractivity (Wildman–Crippen MR) is 162 cm³/mol. The van der Waals surface area contributed by atoms with Crippen LogP contribution >= 0.6 is 0 Å². The fraction of sp³-hybridized carbons (Fsp3) is 0.412. The monoisotopic (exact) mass is 589 g/mol. The highest BCUT2D eigenvalue weighted by molar-refractivity contribution is 5.97. The third-order valence-electron chi connectivity index (χ3n) is 8.19. The van der Waals surface area contributed by atoms with Crippen LogP contribution < -0.4 is 0 Å². The van der Waals surface area contributed by atoms with Gasteiger partial charge in [0.1, 0.15) is 17.5 Å². The number of alkyl halides is 1. The molecule has 9 heteroatoms. The van der Waals surface area contributed by atoms with Gasteiger partial charge in [-0.05, 0) is 80.8 Å². The van der Waals surface area contributed by atoms with Crippen molar-refractivity contribution in [1.82, 2.24) is 19.4 Å². The molecule has 1 atom stereocenters. The van der Waals surface area contributed by atoms with Crippen LogP contribution in [0.1, 0.15) is 83.6 Å². The number of aryl methyl sites for hydroxylation is 3. The zero-order chi connectivity index (χ0) is 30.9. The Kier molecular flexibility index (Phi) is 11.1. The second-order valence-corrected chi connectivity index (χ2v) is 11.1. The van der Waals surface area contributed by atoms with Gasteiger partial charge in [0.25, 0.3) is 0 Å². The maximum Gasteiger partial charge on any atom is 0.159 e. The lowest BCUT2D eigenvalue weighted by molar-refractivity contribution is 0.101. The fourth-order valence-electron chi connectivity index (χ4n) is 5.24. The Labute approximate surface area is 251 Å². The Morgan fingerprint density at radius 2 is 1.72 bits per heavy atom. The first-order valence-corrected chi connectivity index (χ1v) is 14.7. The van der Waals surface area contributed by atoms with Crippen LogP contribution in [-0.4, -0.2) is 45.5 Å². The van der Waals surface area contributed by atoms with Gasteiger partial charge in [-0.25, -0.2) is 13.8 Å². The lowest BCUT2D eigenvalue weighted by Crippen LogP contribution is -2.22. The number of fused-ring (bicyclic) bond motifs is 1. The first kappa shape index (κ1) is 31.9. The standard InChI is InChI=1S/C29H27F2N5O.C4H8.CH3F/c1-18(37)21-6-9-27-28(14-21)35(2)29(34-27)17-36-12-11-22(16-36)25-10-7-23(30)26(33-25)8-5-20-4-3-19(15-32)13-24(20)31;1-2-4-3-1;1-2/h3-4,6-7,9-10,13-14,22H,5,8,11-12,16-17H2,1-2H3;1-4H2;1H3. The van der Waals surface area contributed by atoms with Crippen LogP contribution in [0.4, 0.5) is 13.2 Å². The number of carbonyl (C=O) groups excluding carboxylic acids is 1. The highest BCUT2D eigenvalue weighted by atomic mass is 19.1. The quantitative estimate of drug-likeness (QED) is 0.213. The van der Waals surface area contributed by atoms with E-state index in [0.717, 1.165) is 42.1 Å². The SMILES string of the molecule is C1CCC1.CC(=O)c1ccc2nc(CN3CCC(c4ccc(F)c(CCc5ccc(C#N)cc5F)n4)C3)n(C)c2c1.CF. The van der Waals surface area contributed by atoms with Crippen LogP contribution in [0.3, 0.4) is 0 Å². The van der Waals surface area contributed by atoms with Crippen LogP contribution in [-0.2, 0) is 26.4 Å². The number of hydrogen-bond donors (Lipinski definition) is 0. The van der Waals surface area contributed by atoms with Crippen molar-refractivity contribution in [2.45, 2.75) is 64.3 Å². The molecule has 6 nitrogen and oxygen atoms in total. The summed E-state index contributed by atoms with van der Waals surface area (Å²) in [5.41, 5.74) is 4.34. The van der Waals surface area contributed by atoms with Gasteiger partial charge in [-0.3, -0.25) is 19.1 Å². The van der Waals surface area contributed by atoms with Gasteiger partial charge in [-0.15, -0.1) is 0 Å². The number of aromatic nitrogens is 3. The number of halogens is 3. The Morgan fingerprint density at radius 1 is 0.977 bits per heavy atom. The van der Waals surface area contributed by atoms with E-state index in [2.05, 4.69) is 9.88 Å². The van der Waals surface area contributed by atoms with Crippen LogP contribution in [0.2, 0.25) is 0 Å². The molecule has 43 heavy (non-hydrogen) atoms. The minimum atomic E-state index is -0.457. The summed E-state index contributed by atoms with van der Waals surface area (Å²) in [6, 6.07) is 15.0. The number of carbonyl (C=O) groups is 1. The van der Waals surface area contributed by atoms with Crippen molar-refractivity contribution < 1.29 is 18.0 Å². The van der Waals surface area contributed by atoms with E-state index in [4.69, 9.17) is 10.2 Å². The molecule has 1 aliphatic carbocycles. The van der Waals surface area contributed by atoms with Crippen molar-refractivity contribution in [2.24, 2.45) is 7.05 Å². The number of Topliss-reactive ketones (excluding diaryl/α,β-unsaturated/α-hetero) is 1. The van der Waals surface area contributed by atoms with Crippen LogP contribution in [0.15, 0.2) is 48.5 Å². The van der Waals surface area contributed by atoms with Crippen molar-refractivity contribution in [3.8, 4) is 6.07 Å². The minimum Gasteiger partial charge on any atom is -0.330 e. The third kappa shape index (κ3) is 7.88. The fourth-order valence-corrected chi connectivity index (χ4v) is 5.24. The minimum absolute atomic E-state index is 0.0280. The van der Waals surface area contributed by atoms with E-state index < -0.39 is 11.6 Å². The molecule has 1 aliphatic heterocycles. The molecule has 6 rings (SSSR count). The molecule has 0 bridgehead atoms. The topological polar surface area (TPSA) is 74.8 Å². The molecule has 3 heterocycles. The molecular formula is C34H38F3N5O. The van der Waals surface area contributed by atoms with Gasteiger partial charge in [0, 0.05) is 30.8 Å². The van der Waals surface area contributed by atoms with E-state index >= 15 is 0 Å². The largest absolute Gasteiger partial charge is 0.330 e. The Balaban J connectivity index is 0.000000640. The number of hydrogen-bond acceptors (Lipinski definition) is 5. The van der Waals surface area contributed by atoms with Crippen LogP contribution in [0.5, 0.6) is 0 Å². The average molecular weight is 590 g/mol. The van der Waals surface area contributed by atoms with E-state index in [-0.39, 0.29) is 23.7 Å². The van der Waals surface area contributed by atoms with E-state index in [0.29, 0.717) is 37.0 Å². The van der Waals surface area contributed by atoms with Crippen molar-refractivity contribution in [1.29, 1.82) is 5.26 Å². The van der Waals surface area contributed by atoms with E-state index in [1.807, 2.05) is 29.8 Å². The lowest BCUT2D eigenvalue weighted by atomic mass is 10.0. The molecule has 0 amide bonds. The van der Waals surface area contributed by atoms with Gasteiger partial charge in [-0.2, -0.15) is 5.26 Å². The molecule has 1 saturated carbocycles. The second-order valence-electron chi connectivity index (χ2n) is 11.1. The number of ketones is 1. The number of imidazole rings is 1. The lowest BCUT2D eigenvalue weighted by Gasteiger charge is -2.16. The first-order chi connectivity index (χ1) is 20.8. The van der Waals surface area contributed by atoms with Crippen molar-refractivity contribution in [2.75, 3.05) is 20.3 Å². The van der Waals surface area contributed by atoms with Gasteiger partial charge in [0.15, 0.2) is 5.78 Å². The molecule has 2 fully saturated rings. The average Bonchev–Trinajstić information content (AvgIpc) is 3.57. The summed E-state index contributed by atoms with van der Waals surface area (Å²) in [5, 5.41) is 8.91. The van der Waals surface area contributed by atoms with Gasteiger partial charge in [-0.1, -0.05) is 31.7 Å². The molecule has 0 spiro atoms. The Morgan fingerprint density at radius 3 is 2.37 bits per heavy atom. The molecule has 2 aromatic carbocycles. The van der Waals surface area contributed by atoms with E-state index in [9.17, 15) is 18.0 Å². The summed E-state index contributed by atoms with van der Waals surface area (Å²) in [6.07, 6.45) is 7.49. The maximum absolute atomic E-state index is 14.5. The normalized spacial score (nSPS) is 16.0. The molecule has 0 radical (unpaired) electrons. The number of nitrogens with zero attached hydrogens (tertiary/aromatic N) is 5. The van der Waals surface area contributed by atoms with Crippen LogP contribution in [0, 0.1) is 23.0 Å². The summed E-state index contributed by atoms with van der Waals surface area (Å²) in [4.78, 5) is 23.5. The van der Waals surface area contributed by atoms with E-state index in [1.54, 1.807) is 31.2 Å². The number of pyridine rings is 1. The summed E-state index contributed by atoms with van der Waals surface area (Å²) in [7, 11) is 2.46. The molecule has 1 saturated heterocycles. The molecule has 0 N–H and O–H groups in total. The number of benzene rings is 2. The van der Waals surface area contributed by atoms with Gasteiger partial charge in [0.2, 0.25) is 0 Å². The number of nitriles is 1. The van der Waals surface area contributed by atoms with Gasteiger partial charge >= 0.3 is 0 Å². The van der Waals surface area contributed by atoms with Crippen molar-refractivity contribution >= 4 is 16.8 Å². The highest BCUT2D eigenvalue weighted by Crippen LogP contribution is 2.29. The molecule has 2 aromatic heterocycles. The smallest absolute Gasteiger partial charge is 0.159 e. The number of rotatable bonds is 7. The zero-order valence-corrected chi connectivity index (χ0v) is 25.0. The Hall–Kier alpha value is -4.03. The molecule has 1 unspecified atom stereocenters. The predicted octanol–water partition coefficient (Wildman–Crippen LogP) is 7.24. The van der Waals surface area contributed by atoms with Gasteiger partial charge < -0.3 is 4.57 Å². The molecule has 226 valence electrons. The molecule has 4 aromatic rings. The first-order valence-electron chi connectivity index (χ1n) is 14.7. The Bertz CT molecular complexity index is 1600. The van der Waals surface area contributed by atoms with Crippen LogP contribution in [0.25, 0.3) is 11.0 Å². The third-order valence-corrected chi connectivity index (χ3v) is 8.19. The van der Waals surface area contributed by atoms with Crippen molar-refractivity contribution in [3.05, 3.63) is 94.1 Å². The zero-order valence-electron chi connectivity index (χ0n) is 25.0. The summed E-state index contributed by atoms with van der Waals surface area (Å²) >= 11 is 0. The summed E-state index contributed by atoms with van der Waals surface area (Å²) < 4.78 is 40.3. The second kappa shape index (κ2) is 14.9. The maximum atomic E-state index is 14.5. The van der Waals surface area contributed by atoms with Crippen molar-refractivity contribution in [3.63, 3.8) is 0 Å². The number of likely N-dealkylation sites (tertiary alicyclic amines) is 1. The molecular weight excluding hydrogens is 551 g/mol. The van der Waals surface area contributed by atoms with Gasteiger partial charge in [0.05, 0.1) is 42.1 Å². The van der Waals surface area contributed by atoms with E-state index in [1.165, 1.54) is 37.8 Å². The molecule has 2 aliphatic rings.